The van der Waals surface area contributed by atoms with E-state index in [2.05, 4.69) is 0 Å². The standard InChI is InChI=1S/C58H83N3O11/c1-7-38(3)51(64)24-11-9-10-19-44-34-55(68)50-23-17-28-60(50)56(69)37-72-58(71)46(30-42-26-25-41-18-12-13-21-48(41)42)36-54(67)43(20-14-15-27-59(5)6)33-52(65)40(8-2)31-47(63)32-45(35-53(44)66)57(70)61-29-16-22-49(61)39(4)62/h12-13,18,21,26,38,40,43-46,49-50H,7-11,14-17,19-20,22-25,27-37H2,1-6H3/t38?,40?,43-,44-,45-,46-,49+,50+/m1/s1. The van der Waals surface area contributed by atoms with Crippen LogP contribution in [0.3, 0.4) is 0 Å². The molecule has 14 heteroatoms. The van der Waals surface area contributed by atoms with Gasteiger partial charge in [-0.05, 0) is 121 Å². The molecule has 72 heavy (non-hydrogen) atoms. The van der Waals surface area contributed by atoms with Crippen LogP contribution in [0.25, 0.3) is 5.57 Å². The number of cyclic esters (lactones) is 1. The number of carbonyl (C=O) groups excluding carboxylic acids is 10. The third kappa shape index (κ3) is 16.5. The van der Waals surface area contributed by atoms with E-state index in [1.54, 1.807) is 6.92 Å². The van der Waals surface area contributed by atoms with Gasteiger partial charge in [-0.2, -0.15) is 0 Å². The Morgan fingerprint density at radius 3 is 2.08 bits per heavy atom. The molecule has 396 valence electrons. The number of hydrogen-bond donors (Lipinski definition) is 0. The number of amides is 2. The predicted octanol–water partition coefficient (Wildman–Crippen LogP) is 8.12. The van der Waals surface area contributed by atoms with Crippen LogP contribution in [-0.4, -0.2) is 125 Å². The van der Waals surface area contributed by atoms with E-state index in [9.17, 15) is 47.9 Å². The van der Waals surface area contributed by atoms with Crippen molar-refractivity contribution in [2.45, 2.75) is 181 Å². The van der Waals surface area contributed by atoms with Gasteiger partial charge in [-0.3, -0.25) is 47.9 Å². The number of carbonyl (C=O) groups is 10. The summed E-state index contributed by atoms with van der Waals surface area (Å²) in [5.41, 5.74) is 2.97. The Bertz CT molecular complexity index is 2160. The molecule has 1 aliphatic carbocycles. The number of hydrogen-bond acceptors (Lipinski definition) is 12. The Hall–Kier alpha value is -4.98. The Kier molecular flexibility index (Phi) is 22.9. The summed E-state index contributed by atoms with van der Waals surface area (Å²) in [5.74, 6) is -7.91. The fraction of sp³-hybridized carbons (Fsp3) is 0.690. The summed E-state index contributed by atoms with van der Waals surface area (Å²) in [5, 5.41) is 0. The van der Waals surface area contributed by atoms with Crippen molar-refractivity contribution in [2.24, 2.45) is 35.5 Å². The van der Waals surface area contributed by atoms with Gasteiger partial charge in [0.15, 0.2) is 18.2 Å². The zero-order chi connectivity index (χ0) is 52.5. The van der Waals surface area contributed by atoms with Crippen LogP contribution < -0.4 is 0 Å². The molecule has 0 N–H and O–H groups in total. The molecule has 3 fully saturated rings. The maximum atomic E-state index is 14.7. The van der Waals surface area contributed by atoms with Gasteiger partial charge in [-0.25, -0.2) is 0 Å². The van der Waals surface area contributed by atoms with Crippen molar-refractivity contribution in [2.75, 3.05) is 40.3 Å². The summed E-state index contributed by atoms with van der Waals surface area (Å²) in [4.78, 5) is 145. The quantitative estimate of drug-likeness (QED) is 0.102. The number of unbranched alkanes of at least 4 members (excludes halogenated alkanes) is 3. The Morgan fingerprint density at radius 1 is 0.736 bits per heavy atom. The van der Waals surface area contributed by atoms with Crippen LogP contribution in [0.1, 0.15) is 174 Å². The van der Waals surface area contributed by atoms with E-state index in [0.29, 0.717) is 90.0 Å². The van der Waals surface area contributed by atoms with Crippen molar-refractivity contribution in [3.8, 4) is 0 Å². The Balaban J connectivity index is 1.48. The lowest BCUT2D eigenvalue weighted by atomic mass is 9.80. The average Bonchev–Trinajstić information content (AvgIpc) is 4.15. The Morgan fingerprint density at radius 2 is 1.39 bits per heavy atom. The number of likely N-dealkylation sites (tertiary alicyclic amines) is 1. The molecule has 0 bridgehead atoms. The number of nitrogens with zero attached hydrogens (tertiary/aromatic N) is 3. The first kappa shape index (κ1) is 57.9. The molecule has 3 aliphatic heterocycles. The topological polar surface area (TPSA) is 190 Å². The van der Waals surface area contributed by atoms with Crippen molar-refractivity contribution in [3.05, 3.63) is 41.5 Å². The molecule has 0 aromatic heterocycles. The molecule has 3 saturated heterocycles. The monoisotopic (exact) mass is 998 g/mol. The van der Waals surface area contributed by atoms with Gasteiger partial charge in [0.2, 0.25) is 5.91 Å². The van der Waals surface area contributed by atoms with Crippen LogP contribution >= 0.6 is 0 Å². The summed E-state index contributed by atoms with van der Waals surface area (Å²) in [6.07, 6.45) is 8.69. The normalized spacial score (nSPS) is 26.0. The maximum absolute atomic E-state index is 14.7. The molecule has 1 aromatic carbocycles. The number of allylic oxidation sites excluding steroid dienone is 2. The lowest BCUT2D eigenvalue weighted by Crippen LogP contribution is -2.45. The van der Waals surface area contributed by atoms with Gasteiger partial charge < -0.3 is 19.4 Å². The largest absolute Gasteiger partial charge is 0.455 e. The van der Waals surface area contributed by atoms with Gasteiger partial charge in [0, 0.05) is 81.7 Å². The van der Waals surface area contributed by atoms with Crippen LogP contribution in [-0.2, 0) is 59.1 Å². The second-order valence-electron chi connectivity index (χ2n) is 21.6. The van der Waals surface area contributed by atoms with Crippen LogP contribution in [0.4, 0.5) is 0 Å². The number of Topliss-reactive ketones (excluding diaryl/α,β-unsaturated/α-hetero) is 7. The second-order valence-corrected chi connectivity index (χ2v) is 21.6. The molecule has 0 spiro atoms. The third-order valence-electron chi connectivity index (χ3n) is 16.0. The molecule has 14 nitrogen and oxygen atoms in total. The first-order valence-corrected chi connectivity index (χ1v) is 27.3. The van der Waals surface area contributed by atoms with Crippen molar-refractivity contribution in [1.82, 2.24) is 14.7 Å². The second kappa shape index (κ2) is 28.5. The molecule has 3 heterocycles. The van der Waals surface area contributed by atoms with Crippen LogP contribution in [0.5, 0.6) is 0 Å². The number of rotatable bonds is 18. The molecule has 4 aliphatic rings. The van der Waals surface area contributed by atoms with E-state index in [1.165, 1.54) is 16.7 Å². The fourth-order valence-electron chi connectivity index (χ4n) is 11.4. The van der Waals surface area contributed by atoms with Crippen LogP contribution in [0.15, 0.2) is 30.3 Å². The van der Waals surface area contributed by atoms with Crippen molar-refractivity contribution in [1.29, 1.82) is 0 Å². The molecular formula is C58H83N3O11. The van der Waals surface area contributed by atoms with Gasteiger partial charge in [-0.1, -0.05) is 70.4 Å². The smallest absolute Gasteiger partial charge is 0.310 e. The zero-order valence-electron chi connectivity index (χ0n) is 44.2. The summed E-state index contributed by atoms with van der Waals surface area (Å²) in [7, 11) is 3.92. The molecule has 1 aromatic rings. The predicted molar refractivity (Wildman–Crippen MR) is 274 cm³/mol. The number of esters is 1. The van der Waals surface area contributed by atoms with Crippen molar-refractivity contribution >= 4 is 63.8 Å². The molecule has 8 atom stereocenters. The molecular weight excluding hydrogens is 915 g/mol. The van der Waals surface area contributed by atoms with E-state index in [1.807, 2.05) is 63.2 Å². The maximum Gasteiger partial charge on any atom is 0.310 e. The number of fused-ring (bicyclic) bond motifs is 2. The lowest BCUT2D eigenvalue weighted by molar-refractivity contribution is -0.157. The summed E-state index contributed by atoms with van der Waals surface area (Å²) >= 11 is 0. The Labute approximate surface area is 428 Å². The average molecular weight is 998 g/mol. The molecule has 0 radical (unpaired) electrons. The molecule has 2 amide bonds. The van der Waals surface area contributed by atoms with Gasteiger partial charge in [0.25, 0.3) is 5.91 Å². The highest BCUT2D eigenvalue weighted by Crippen LogP contribution is 2.36. The van der Waals surface area contributed by atoms with Crippen LogP contribution in [0.2, 0.25) is 0 Å². The minimum Gasteiger partial charge on any atom is -0.455 e. The van der Waals surface area contributed by atoms with Gasteiger partial charge in [-0.15, -0.1) is 0 Å². The number of benzene rings is 1. The molecule has 2 unspecified atom stereocenters. The summed E-state index contributed by atoms with van der Waals surface area (Å²) in [6, 6.07) is 6.31. The van der Waals surface area contributed by atoms with E-state index in [4.69, 9.17) is 4.74 Å². The zero-order valence-corrected chi connectivity index (χ0v) is 44.2. The van der Waals surface area contributed by atoms with E-state index < -0.39 is 66.1 Å². The highest BCUT2D eigenvalue weighted by Gasteiger charge is 2.41. The SMILES string of the molecule is CCC(C)C(=O)CCCCC[C@@H]1CC(=O)[C@@H]2CCCN2C(=O)COC(=O)[C@H](CC2=CCc3ccccc32)CC(=O)[C@H](CCCCN(C)C)CC(=O)C(CC)CC(=O)C[C@@H](C(=O)N2CCC[C@H]2C(C)=O)CC1=O. The first-order valence-electron chi connectivity index (χ1n) is 27.3. The number of ether oxygens (including phenoxy) is 1. The van der Waals surface area contributed by atoms with E-state index >= 15 is 0 Å². The van der Waals surface area contributed by atoms with Gasteiger partial charge in [0.05, 0.1) is 23.9 Å². The van der Waals surface area contributed by atoms with Crippen molar-refractivity contribution < 1.29 is 52.7 Å². The first-order chi connectivity index (χ1) is 34.4. The van der Waals surface area contributed by atoms with E-state index in [-0.39, 0.29) is 97.9 Å². The third-order valence-corrected chi connectivity index (χ3v) is 16.0. The van der Waals surface area contributed by atoms with Gasteiger partial charge >= 0.3 is 5.97 Å². The minimum atomic E-state index is -1.13. The fourth-order valence-corrected chi connectivity index (χ4v) is 11.4. The molecule has 0 saturated carbocycles. The van der Waals surface area contributed by atoms with Gasteiger partial charge in [0.1, 0.15) is 28.9 Å². The minimum absolute atomic E-state index is 0.0474. The highest BCUT2D eigenvalue weighted by molar-refractivity contribution is 5.98. The molecule has 5 rings (SSSR count). The summed E-state index contributed by atoms with van der Waals surface area (Å²) < 4.78 is 5.78. The number of ketones is 7. The highest BCUT2D eigenvalue weighted by atomic mass is 16.5. The van der Waals surface area contributed by atoms with Crippen molar-refractivity contribution in [3.63, 3.8) is 0 Å². The van der Waals surface area contributed by atoms with Crippen LogP contribution in [0, 0.1) is 35.5 Å². The summed E-state index contributed by atoms with van der Waals surface area (Å²) in [6.45, 7) is 7.78. The van der Waals surface area contributed by atoms with E-state index in [0.717, 1.165) is 36.1 Å². The lowest BCUT2D eigenvalue weighted by Gasteiger charge is -2.29.